The first-order valence-electron chi connectivity index (χ1n) is 14.0. The van der Waals surface area contributed by atoms with Gasteiger partial charge in [-0.1, -0.05) is 66.7 Å². The molecule has 0 radical (unpaired) electrons. The molecule has 0 bridgehead atoms. The minimum atomic E-state index is 0.605. The summed E-state index contributed by atoms with van der Waals surface area (Å²) in [6, 6.07) is 40.4. The highest BCUT2D eigenvalue weighted by Crippen LogP contribution is 2.35. The fourth-order valence-corrected chi connectivity index (χ4v) is 5.29. The third-order valence-corrected chi connectivity index (χ3v) is 7.50. The van der Waals surface area contributed by atoms with E-state index in [2.05, 4.69) is 23.2 Å². The van der Waals surface area contributed by atoms with Gasteiger partial charge in [0.2, 0.25) is 0 Å². The fraction of sp³-hybridized carbons (Fsp3) is 0. The number of aromatic nitrogens is 5. The van der Waals surface area contributed by atoms with Gasteiger partial charge in [-0.2, -0.15) is 0 Å². The van der Waals surface area contributed by atoms with E-state index < -0.39 is 0 Å². The van der Waals surface area contributed by atoms with E-state index in [0.717, 1.165) is 61.0 Å². The van der Waals surface area contributed by atoms with E-state index >= 15 is 0 Å². The lowest BCUT2D eigenvalue weighted by Crippen LogP contribution is -2.00. The summed E-state index contributed by atoms with van der Waals surface area (Å²) >= 11 is 0. The van der Waals surface area contributed by atoms with Gasteiger partial charge in [0.15, 0.2) is 17.5 Å². The molecular weight excluding hydrogens is 530 g/mol. The van der Waals surface area contributed by atoms with Crippen molar-refractivity contribution in [2.45, 2.75) is 0 Å². The van der Waals surface area contributed by atoms with Crippen LogP contribution in [0.25, 0.3) is 78.5 Å². The van der Waals surface area contributed by atoms with Crippen LogP contribution in [-0.4, -0.2) is 24.9 Å². The molecule has 8 rings (SSSR count). The highest BCUT2D eigenvalue weighted by Gasteiger charge is 2.15. The van der Waals surface area contributed by atoms with E-state index in [-0.39, 0.29) is 0 Å². The lowest BCUT2D eigenvalue weighted by Gasteiger charge is -2.08. The van der Waals surface area contributed by atoms with Crippen LogP contribution in [0.2, 0.25) is 0 Å². The molecule has 0 atom stereocenters. The molecule has 4 heterocycles. The van der Waals surface area contributed by atoms with Crippen molar-refractivity contribution in [1.82, 2.24) is 24.9 Å². The van der Waals surface area contributed by atoms with Gasteiger partial charge >= 0.3 is 0 Å². The molecule has 0 aliphatic heterocycles. The van der Waals surface area contributed by atoms with Crippen molar-refractivity contribution in [3.05, 3.63) is 140 Å². The van der Waals surface area contributed by atoms with Crippen molar-refractivity contribution in [2.75, 3.05) is 0 Å². The predicted molar refractivity (Wildman–Crippen MR) is 170 cm³/mol. The van der Waals surface area contributed by atoms with Crippen molar-refractivity contribution in [3.8, 4) is 56.5 Å². The lowest BCUT2D eigenvalue weighted by atomic mass is 10.0. The molecule has 4 aromatic carbocycles. The molecule has 43 heavy (non-hydrogen) atoms. The van der Waals surface area contributed by atoms with Crippen LogP contribution < -0.4 is 0 Å². The number of rotatable bonds is 5. The fourth-order valence-electron chi connectivity index (χ4n) is 5.29. The van der Waals surface area contributed by atoms with Crippen LogP contribution in [0, 0.1) is 0 Å². The largest absolute Gasteiger partial charge is 0.456 e. The molecule has 8 aromatic rings. The number of hydrogen-bond acceptors (Lipinski definition) is 6. The molecule has 0 aliphatic carbocycles. The zero-order valence-corrected chi connectivity index (χ0v) is 22.9. The van der Waals surface area contributed by atoms with Gasteiger partial charge < -0.3 is 4.42 Å². The van der Waals surface area contributed by atoms with Crippen LogP contribution in [0.5, 0.6) is 0 Å². The van der Waals surface area contributed by atoms with E-state index in [9.17, 15) is 0 Å². The second-order valence-electron chi connectivity index (χ2n) is 10.2. The van der Waals surface area contributed by atoms with Crippen LogP contribution in [-0.2, 0) is 0 Å². The molecule has 202 valence electrons. The summed E-state index contributed by atoms with van der Waals surface area (Å²) in [7, 11) is 0. The number of furan rings is 1. The zero-order valence-electron chi connectivity index (χ0n) is 22.9. The van der Waals surface area contributed by atoms with Gasteiger partial charge in [0.1, 0.15) is 11.2 Å². The Hall–Kier alpha value is -6.01. The number of fused-ring (bicyclic) bond motifs is 3. The summed E-state index contributed by atoms with van der Waals surface area (Å²) < 4.78 is 6.22. The van der Waals surface area contributed by atoms with Gasteiger partial charge in [0.25, 0.3) is 0 Å². The Kier molecular flexibility index (Phi) is 6.01. The molecule has 0 fully saturated rings. The SMILES string of the molecule is c1ccc(-c2nc(-c3ccccc3)nc(-c3ccc4oc5ccc(-c6ccc(-c7ccncc7)cn6)cc5c4c3)n2)cc1. The molecule has 0 aliphatic rings. The minimum absolute atomic E-state index is 0.605. The topological polar surface area (TPSA) is 77.6 Å². The summed E-state index contributed by atoms with van der Waals surface area (Å²) in [4.78, 5) is 23.5. The molecule has 0 spiro atoms. The van der Waals surface area contributed by atoms with Crippen LogP contribution in [0.15, 0.2) is 144 Å². The number of benzene rings is 4. The van der Waals surface area contributed by atoms with Gasteiger partial charge in [0, 0.05) is 57.2 Å². The van der Waals surface area contributed by atoms with E-state index in [1.165, 1.54) is 0 Å². The average Bonchev–Trinajstić information content (AvgIpc) is 3.46. The molecule has 0 saturated heterocycles. The second-order valence-corrected chi connectivity index (χ2v) is 10.2. The van der Waals surface area contributed by atoms with Gasteiger partial charge in [0.05, 0.1) is 5.69 Å². The molecule has 4 aromatic heterocycles. The molecule has 6 heteroatoms. The van der Waals surface area contributed by atoms with Gasteiger partial charge in [-0.05, 0) is 60.2 Å². The maximum atomic E-state index is 6.22. The van der Waals surface area contributed by atoms with E-state index in [1.807, 2.05) is 109 Å². The second kappa shape index (κ2) is 10.4. The lowest BCUT2D eigenvalue weighted by molar-refractivity contribution is 0.669. The van der Waals surface area contributed by atoms with Crippen molar-refractivity contribution in [1.29, 1.82) is 0 Å². The van der Waals surface area contributed by atoms with Crippen molar-refractivity contribution in [3.63, 3.8) is 0 Å². The van der Waals surface area contributed by atoms with Crippen LogP contribution in [0.1, 0.15) is 0 Å². The maximum absolute atomic E-state index is 6.22. The number of nitrogens with zero attached hydrogens (tertiary/aromatic N) is 5. The number of hydrogen-bond donors (Lipinski definition) is 0. The van der Waals surface area contributed by atoms with E-state index in [0.29, 0.717) is 17.5 Å². The summed E-state index contributed by atoms with van der Waals surface area (Å²) in [5, 5.41) is 2.00. The molecule has 0 amide bonds. The smallest absolute Gasteiger partial charge is 0.164 e. The molecule has 0 saturated carbocycles. The molecule has 0 N–H and O–H groups in total. The van der Waals surface area contributed by atoms with Crippen LogP contribution >= 0.6 is 0 Å². The highest BCUT2D eigenvalue weighted by molar-refractivity contribution is 6.07. The quantitative estimate of drug-likeness (QED) is 0.212. The van der Waals surface area contributed by atoms with Gasteiger partial charge in [-0.15, -0.1) is 0 Å². The Bertz CT molecular complexity index is 2150. The maximum Gasteiger partial charge on any atom is 0.164 e. The predicted octanol–water partition coefficient (Wildman–Crippen LogP) is 8.90. The zero-order chi connectivity index (χ0) is 28.6. The summed E-state index contributed by atoms with van der Waals surface area (Å²) in [6.07, 6.45) is 5.48. The first kappa shape index (κ1) is 24.8. The van der Waals surface area contributed by atoms with Crippen molar-refractivity contribution >= 4 is 21.9 Å². The summed E-state index contributed by atoms with van der Waals surface area (Å²) in [6.45, 7) is 0. The highest BCUT2D eigenvalue weighted by atomic mass is 16.3. The summed E-state index contributed by atoms with van der Waals surface area (Å²) in [5.74, 6) is 1.86. The van der Waals surface area contributed by atoms with Gasteiger partial charge in [-0.3, -0.25) is 9.97 Å². The van der Waals surface area contributed by atoms with Crippen LogP contribution in [0.4, 0.5) is 0 Å². The first-order chi connectivity index (χ1) is 21.3. The van der Waals surface area contributed by atoms with Crippen molar-refractivity contribution in [2.24, 2.45) is 0 Å². The first-order valence-corrected chi connectivity index (χ1v) is 14.0. The standard InChI is InChI=1S/C37H23N5O/c1-3-7-25(8-4-1)35-40-36(26-9-5-2-6-10-26)42-37(41-35)28-13-16-34-31(22-28)30-21-27(12-15-33(30)43-34)32-14-11-29(23-39-32)24-17-19-38-20-18-24/h1-23H. The van der Waals surface area contributed by atoms with Crippen LogP contribution in [0.3, 0.4) is 0 Å². The summed E-state index contributed by atoms with van der Waals surface area (Å²) in [5.41, 5.74) is 8.41. The molecule has 6 nitrogen and oxygen atoms in total. The Balaban J connectivity index is 1.23. The molecular formula is C37H23N5O. The van der Waals surface area contributed by atoms with E-state index in [1.54, 1.807) is 12.4 Å². The minimum Gasteiger partial charge on any atom is -0.456 e. The Labute approximate surface area is 247 Å². The van der Waals surface area contributed by atoms with Gasteiger partial charge in [-0.25, -0.2) is 15.0 Å². The Morgan fingerprint density at radius 3 is 1.53 bits per heavy atom. The molecule has 0 unspecified atom stereocenters. The van der Waals surface area contributed by atoms with Crippen molar-refractivity contribution < 1.29 is 4.42 Å². The number of pyridine rings is 2. The third-order valence-electron chi connectivity index (χ3n) is 7.50. The Morgan fingerprint density at radius 2 is 0.953 bits per heavy atom. The van der Waals surface area contributed by atoms with E-state index in [4.69, 9.17) is 24.4 Å². The third kappa shape index (κ3) is 4.71. The normalized spacial score (nSPS) is 11.3. The average molecular weight is 554 g/mol. The Morgan fingerprint density at radius 1 is 0.419 bits per heavy atom. The monoisotopic (exact) mass is 553 g/mol.